The van der Waals surface area contributed by atoms with Crippen LogP contribution in [0.15, 0.2) is 23.1 Å². The molecule has 2 rings (SSSR count). The van der Waals surface area contributed by atoms with Gasteiger partial charge in [-0.05, 0) is 19.1 Å². The highest BCUT2D eigenvalue weighted by Gasteiger charge is 2.12. The number of pyridine rings is 1. The van der Waals surface area contributed by atoms with Gasteiger partial charge in [0.1, 0.15) is 5.56 Å². The van der Waals surface area contributed by atoms with E-state index in [4.69, 9.17) is 5.73 Å². The molecule has 0 spiro atoms. The molecule has 0 aliphatic carbocycles. The van der Waals surface area contributed by atoms with Crippen LogP contribution in [0.1, 0.15) is 20.9 Å². The standard InChI is InChI=1S/C13H12N4O2S/c1-8-4-5-10(11(18)16-8)12(19)17-13-15-7-9(20-13)3-2-6-14/h4-5,7H,6,14H2,1H3,(H,16,18)(H,15,17,19). The molecule has 7 heteroatoms. The average Bonchev–Trinajstić information content (AvgIpc) is 2.83. The first-order valence-corrected chi connectivity index (χ1v) is 6.58. The fourth-order valence-electron chi connectivity index (χ4n) is 1.44. The molecule has 102 valence electrons. The number of nitrogens with one attached hydrogen (secondary N) is 2. The maximum Gasteiger partial charge on any atom is 0.263 e. The summed E-state index contributed by atoms with van der Waals surface area (Å²) in [7, 11) is 0. The Labute approximate surface area is 119 Å². The number of nitrogens with zero attached hydrogens (tertiary/aromatic N) is 1. The number of hydrogen-bond donors (Lipinski definition) is 3. The van der Waals surface area contributed by atoms with E-state index in [2.05, 4.69) is 27.1 Å². The molecule has 1 amide bonds. The highest BCUT2D eigenvalue weighted by Crippen LogP contribution is 2.17. The summed E-state index contributed by atoms with van der Waals surface area (Å²) in [6, 6.07) is 3.14. The van der Waals surface area contributed by atoms with E-state index in [0.29, 0.717) is 15.7 Å². The smallest absolute Gasteiger partial charge is 0.263 e. The third-order valence-corrected chi connectivity index (χ3v) is 3.17. The summed E-state index contributed by atoms with van der Waals surface area (Å²) in [6.07, 6.45) is 1.54. The van der Waals surface area contributed by atoms with Gasteiger partial charge in [-0.25, -0.2) is 4.98 Å². The number of aryl methyl sites for hydroxylation is 1. The molecule has 2 aromatic heterocycles. The van der Waals surface area contributed by atoms with Crippen LogP contribution in [0.5, 0.6) is 0 Å². The molecule has 2 aromatic rings. The largest absolute Gasteiger partial charge is 0.326 e. The zero-order valence-corrected chi connectivity index (χ0v) is 11.5. The van der Waals surface area contributed by atoms with Gasteiger partial charge >= 0.3 is 0 Å². The maximum absolute atomic E-state index is 11.9. The molecule has 0 aliphatic heterocycles. The molecule has 6 nitrogen and oxygen atoms in total. The Morgan fingerprint density at radius 3 is 3.05 bits per heavy atom. The van der Waals surface area contributed by atoms with E-state index in [0.717, 1.165) is 0 Å². The molecule has 0 radical (unpaired) electrons. The lowest BCUT2D eigenvalue weighted by molar-refractivity contribution is 0.102. The molecule has 0 aromatic carbocycles. The van der Waals surface area contributed by atoms with Gasteiger partial charge in [0.2, 0.25) is 0 Å². The van der Waals surface area contributed by atoms with Crippen molar-refractivity contribution in [2.24, 2.45) is 5.73 Å². The highest BCUT2D eigenvalue weighted by atomic mass is 32.1. The second-order valence-electron chi connectivity index (χ2n) is 3.87. The number of nitrogens with two attached hydrogens (primary N) is 1. The third-order valence-electron chi connectivity index (χ3n) is 2.34. The van der Waals surface area contributed by atoms with Crippen molar-refractivity contribution in [2.75, 3.05) is 11.9 Å². The summed E-state index contributed by atoms with van der Waals surface area (Å²) in [5.41, 5.74) is 5.58. The van der Waals surface area contributed by atoms with E-state index in [1.807, 2.05) is 0 Å². The minimum atomic E-state index is -0.501. The normalized spacial score (nSPS) is 9.70. The fourth-order valence-corrected chi connectivity index (χ4v) is 2.13. The Kier molecular flexibility index (Phi) is 4.30. The zero-order chi connectivity index (χ0) is 14.5. The van der Waals surface area contributed by atoms with Crippen LogP contribution in [0, 0.1) is 18.8 Å². The van der Waals surface area contributed by atoms with Crippen molar-refractivity contribution in [2.45, 2.75) is 6.92 Å². The fraction of sp³-hybridized carbons (Fsp3) is 0.154. The van der Waals surface area contributed by atoms with Crippen molar-refractivity contribution in [1.82, 2.24) is 9.97 Å². The number of aromatic amines is 1. The minimum Gasteiger partial charge on any atom is -0.326 e. The lowest BCUT2D eigenvalue weighted by Crippen LogP contribution is -2.23. The van der Waals surface area contributed by atoms with Gasteiger partial charge in [-0.15, -0.1) is 0 Å². The molecule has 20 heavy (non-hydrogen) atoms. The Bertz CT molecular complexity index is 751. The number of hydrogen-bond acceptors (Lipinski definition) is 5. The number of anilines is 1. The number of aromatic nitrogens is 2. The molecular weight excluding hydrogens is 276 g/mol. The number of thiazole rings is 1. The highest BCUT2D eigenvalue weighted by molar-refractivity contribution is 7.16. The zero-order valence-electron chi connectivity index (χ0n) is 10.7. The number of carbonyl (C=O) groups is 1. The Morgan fingerprint density at radius 2 is 2.35 bits per heavy atom. The number of amides is 1. The van der Waals surface area contributed by atoms with Gasteiger partial charge in [-0.2, -0.15) is 0 Å². The van der Waals surface area contributed by atoms with Gasteiger partial charge < -0.3 is 10.7 Å². The average molecular weight is 288 g/mol. The first-order valence-electron chi connectivity index (χ1n) is 5.76. The Morgan fingerprint density at radius 1 is 1.55 bits per heavy atom. The number of H-pyrrole nitrogens is 1. The van der Waals surface area contributed by atoms with Gasteiger partial charge in [-0.3, -0.25) is 14.9 Å². The molecule has 0 unspecified atom stereocenters. The SMILES string of the molecule is Cc1ccc(C(=O)Nc2ncc(C#CCN)s2)c(=O)[nH]1. The van der Waals surface area contributed by atoms with E-state index in [1.165, 1.54) is 17.4 Å². The molecule has 0 bridgehead atoms. The summed E-state index contributed by atoms with van der Waals surface area (Å²) in [6.45, 7) is 2.00. The van der Waals surface area contributed by atoms with Gasteiger partial charge in [-0.1, -0.05) is 23.2 Å². The molecule has 2 heterocycles. The quantitative estimate of drug-likeness (QED) is 0.708. The van der Waals surface area contributed by atoms with Crippen molar-refractivity contribution in [3.63, 3.8) is 0 Å². The van der Waals surface area contributed by atoms with Crippen LogP contribution in [-0.4, -0.2) is 22.4 Å². The summed E-state index contributed by atoms with van der Waals surface area (Å²) in [5.74, 6) is 5.02. The third kappa shape index (κ3) is 3.32. The van der Waals surface area contributed by atoms with Crippen LogP contribution in [0.2, 0.25) is 0 Å². The van der Waals surface area contributed by atoms with Crippen LogP contribution >= 0.6 is 11.3 Å². The van der Waals surface area contributed by atoms with E-state index < -0.39 is 11.5 Å². The van der Waals surface area contributed by atoms with Crippen molar-refractivity contribution in [3.8, 4) is 11.8 Å². The second kappa shape index (κ2) is 6.14. The van der Waals surface area contributed by atoms with E-state index >= 15 is 0 Å². The maximum atomic E-state index is 11.9. The lowest BCUT2D eigenvalue weighted by atomic mass is 10.2. The first-order chi connectivity index (χ1) is 9.60. The van der Waals surface area contributed by atoms with E-state index in [1.54, 1.807) is 19.2 Å². The number of carbonyl (C=O) groups excluding carboxylic acids is 1. The topological polar surface area (TPSA) is 101 Å². The van der Waals surface area contributed by atoms with Gasteiger partial charge in [0.05, 0.1) is 17.6 Å². The molecular formula is C13H12N4O2S. The monoisotopic (exact) mass is 288 g/mol. The Balaban J connectivity index is 2.15. The predicted molar refractivity (Wildman–Crippen MR) is 77.8 cm³/mol. The minimum absolute atomic E-state index is 0.0420. The van der Waals surface area contributed by atoms with Crippen molar-refractivity contribution >= 4 is 22.4 Å². The van der Waals surface area contributed by atoms with Gasteiger partial charge in [0, 0.05) is 5.69 Å². The van der Waals surface area contributed by atoms with Crippen molar-refractivity contribution in [3.05, 3.63) is 44.8 Å². The molecule has 0 saturated heterocycles. The van der Waals surface area contributed by atoms with Gasteiger partial charge in [0.25, 0.3) is 11.5 Å². The van der Waals surface area contributed by atoms with Crippen LogP contribution in [-0.2, 0) is 0 Å². The Hall–Kier alpha value is -2.43. The summed E-state index contributed by atoms with van der Waals surface area (Å²) >= 11 is 1.22. The van der Waals surface area contributed by atoms with Crippen molar-refractivity contribution in [1.29, 1.82) is 0 Å². The summed E-state index contributed by atoms with van der Waals surface area (Å²) in [5, 5.41) is 2.95. The van der Waals surface area contributed by atoms with Gasteiger partial charge in [0.15, 0.2) is 5.13 Å². The van der Waals surface area contributed by atoms with Crippen LogP contribution < -0.4 is 16.6 Å². The molecule has 0 saturated carbocycles. The number of rotatable bonds is 2. The molecule has 0 aliphatic rings. The van der Waals surface area contributed by atoms with Crippen molar-refractivity contribution < 1.29 is 4.79 Å². The predicted octanol–water partition coefficient (Wildman–Crippen LogP) is 0.702. The second-order valence-corrected chi connectivity index (χ2v) is 4.90. The summed E-state index contributed by atoms with van der Waals surface area (Å²) < 4.78 is 0. The lowest BCUT2D eigenvalue weighted by Gasteiger charge is -2.01. The van der Waals surface area contributed by atoms with Crippen LogP contribution in [0.25, 0.3) is 0 Å². The van der Waals surface area contributed by atoms with E-state index in [-0.39, 0.29) is 12.1 Å². The molecule has 0 atom stereocenters. The van der Waals surface area contributed by atoms with Crippen LogP contribution in [0.3, 0.4) is 0 Å². The summed E-state index contributed by atoms with van der Waals surface area (Å²) in [4.78, 5) is 30.9. The van der Waals surface area contributed by atoms with E-state index in [9.17, 15) is 9.59 Å². The first kappa shape index (κ1) is 14.0. The van der Waals surface area contributed by atoms with Crippen LogP contribution in [0.4, 0.5) is 5.13 Å². The molecule has 0 fully saturated rings. The molecule has 4 N–H and O–H groups in total.